The third kappa shape index (κ3) is 6.01. The normalized spacial score (nSPS) is 11.2. The Hall–Kier alpha value is -2.96. The van der Waals surface area contributed by atoms with Gasteiger partial charge >= 0.3 is 0 Å². The molecule has 2 N–H and O–H groups in total. The Labute approximate surface area is 172 Å². The quantitative estimate of drug-likeness (QED) is 0.496. The number of aryl methyl sites for hydroxylation is 1. The van der Waals surface area contributed by atoms with Crippen molar-refractivity contribution >= 4 is 5.96 Å². The Bertz CT molecular complexity index is 840. The number of halogens is 1. The number of ether oxygens (including phenoxy) is 3. The summed E-state index contributed by atoms with van der Waals surface area (Å²) in [4.78, 5) is 4.54. The number of guanidine groups is 1. The summed E-state index contributed by atoms with van der Waals surface area (Å²) < 4.78 is 30.0. The van der Waals surface area contributed by atoms with E-state index in [0.717, 1.165) is 17.7 Å². The summed E-state index contributed by atoms with van der Waals surface area (Å²) in [6.45, 7) is 5.51. The Balaban J connectivity index is 2.04. The SMILES string of the molecule is CCNC(=NCc1ccc(C)c(F)c1)NCCc1ccc(OC)c(OC)c1OC. The van der Waals surface area contributed by atoms with Gasteiger partial charge in [-0.1, -0.05) is 18.2 Å². The van der Waals surface area contributed by atoms with Crippen LogP contribution in [0.2, 0.25) is 0 Å². The van der Waals surface area contributed by atoms with Crippen molar-refractivity contribution < 1.29 is 18.6 Å². The first-order chi connectivity index (χ1) is 14.0. The van der Waals surface area contributed by atoms with E-state index in [2.05, 4.69) is 15.6 Å². The van der Waals surface area contributed by atoms with E-state index in [1.807, 2.05) is 25.1 Å². The lowest BCUT2D eigenvalue weighted by atomic mass is 10.1. The monoisotopic (exact) mass is 403 g/mol. The first-order valence-corrected chi connectivity index (χ1v) is 9.59. The molecule has 2 rings (SSSR count). The minimum atomic E-state index is -0.212. The van der Waals surface area contributed by atoms with Crippen molar-refractivity contribution in [3.8, 4) is 17.2 Å². The number of nitrogens with zero attached hydrogens (tertiary/aromatic N) is 1. The van der Waals surface area contributed by atoms with Crippen molar-refractivity contribution in [2.24, 2.45) is 4.99 Å². The third-order valence-electron chi connectivity index (χ3n) is 4.47. The lowest BCUT2D eigenvalue weighted by Gasteiger charge is -2.16. The zero-order valence-electron chi connectivity index (χ0n) is 17.8. The highest BCUT2D eigenvalue weighted by atomic mass is 19.1. The molecule has 0 spiro atoms. The third-order valence-corrected chi connectivity index (χ3v) is 4.47. The van der Waals surface area contributed by atoms with Crippen LogP contribution >= 0.6 is 0 Å². The van der Waals surface area contributed by atoms with E-state index in [0.29, 0.717) is 48.3 Å². The fourth-order valence-corrected chi connectivity index (χ4v) is 2.92. The lowest BCUT2D eigenvalue weighted by molar-refractivity contribution is 0.322. The predicted octanol–water partition coefficient (Wildman–Crippen LogP) is 3.46. The molecule has 0 heterocycles. The second kappa shape index (κ2) is 11.1. The molecular weight excluding hydrogens is 373 g/mol. The highest BCUT2D eigenvalue weighted by Crippen LogP contribution is 2.39. The predicted molar refractivity (Wildman–Crippen MR) is 114 cm³/mol. The van der Waals surface area contributed by atoms with Crippen LogP contribution in [-0.2, 0) is 13.0 Å². The highest BCUT2D eigenvalue weighted by Gasteiger charge is 2.15. The number of aliphatic imine (C=N–C) groups is 1. The van der Waals surface area contributed by atoms with Gasteiger partial charge < -0.3 is 24.8 Å². The maximum Gasteiger partial charge on any atom is 0.203 e. The van der Waals surface area contributed by atoms with Crippen LogP contribution in [0.5, 0.6) is 17.2 Å². The molecule has 0 saturated carbocycles. The molecule has 158 valence electrons. The van der Waals surface area contributed by atoms with Gasteiger partial charge in [-0.3, -0.25) is 0 Å². The summed E-state index contributed by atoms with van der Waals surface area (Å²) >= 11 is 0. The fraction of sp³-hybridized carbons (Fsp3) is 0.409. The first kappa shape index (κ1) is 22.3. The van der Waals surface area contributed by atoms with Crippen LogP contribution in [0.25, 0.3) is 0 Å². The molecule has 0 unspecified atom stereocenters. The molecule has 0 aliphatic heterocycles. The lowest BCUT2D eigenvalue weighted by Crippen LogP contribution is -2.38. The minimum Gasteiger partial charge on any atom is -0.493 e. The smallest absolute Gasteiger partial charge is 0.203 e. The average molecular weight is 403 g/mol. The van der Waals surface area contributed by atoms with E-state index in [4.69, 9.17) is 14.2 Å². The number of benzene rings is 2. The minimum absolute atomic E-state index is 0.212. The van der Waals surface area contributed by atoms with Gasteiger partial charge in [-0.2, -0.15) is 0 Å². The molecule has 6 nitrogen and oxygen atoms in total. The van der Waals surface area contributed by atoms with Gasteiger partial charge in [0.1, 0.15) is 5.82 Å². The van der Waals surface area contributed by atoms with Gasteiger partial charge in [0.15, 0.2) is 17.5 Å². The van der Waals surface area contributed by atoms with Crippen molar-refractivity contribution in [1.29, 1.82) is 0 Å². The fourth-order valence-electron chi connectivity index (χ4n) is 2.92. The Morgan fingerprint density at radius 2 is 1.76 bits per heavy atom. The summed E-state index contributed by atoms with van der Waals surface area (Å²) in [6, 6.07) is 9.00. The van der Waals surface area contributed by atoms with Crippen molar-refractivity contribution in [2.45, 2.75) is 26.8 Å². The summed E-state index contributed by atoms with van der Waals surface area (Å²) in [5, 5.41) is 6.50. The first-order valence-electron chi connectivity index (χ1n) is 9.59. The van der Waals surface area contributed by atoms with Gasteiger partial charge in [-0.05, 0) is 43.5 Å². The number of methoxy groups -OCH3 is 3. The molecular formula is C22H30FN3O3. The van der Waals surface area contributed by atoms with Crippen LogP contribution in [-0.4, -0.2) is 40.4 Å². The van der Waals surface area contributed by atoms with Gasteiger partial charge in [0, 0.05) is 18.7 Å². The Kier molecular flexibility index (Phi) is 8.58. The summed E-state index contributed by atoms with van der Waals surface area (Å²) in [5.41, 5.74) is 2.45. The second-order valence-corrected chi connectivity index (χ2v) is 6.45. The molecule has 2 aromatic carbocycles. The Morgan fingerprint density at radius 1 is 1.00 bits per heavy atom. The van der Waals surface area contributed by atoms with Crippen molar-refractivity contribution in [1.82, 2.24) is 10.6 Å². The van der Waals surface area contributed by atoms with Crippen molar-refractivity contribution in [3.05, 3.63) is 52.8 Å². The zero-order valence-corrected chi connectivity index (χ0v) is 17.8. The molecule has 0 aromatic heterocycles. The number of hydrogen-bond acceptors (Lipinski definition) is 4. The number of nitrogens with one attached hydrogen (secondary N) is 2. The summed E-state index contributed by atoms with van der Waals surface area (Å²) in [5.74, 6) is 2.32. The van der Waals surface area contributed by atoms with Crippen LogP contribution in [0.15, 0.2) is 35.3 Å². The topological polar surface area (TPSA) is 64.1 Å². The van der Waals surface area contributed by atoms with Crippen LogP contribution < -0.4 is 24.8 Å². The standard InChI is InChI=1S/C22H30FN3O3/c1-6-24-22(26-14-16-8-7-15(2)18(23)13-16)25-12-11-17-9-10-19(27-3)21(29-5)20(17)28-4/h7-10,13H,6,11-12,14H2,1-5H3,(H2,24,25,26). The van der Waals surface area contributed by atoms with Gasteiger partial charge in [0.2, 0.25) is 5.75 Å². The van der Waals surface area contributed by atoms with E-state index in [1.54, 1.807) is 34.3 Å². The van der Waals surface area contributed by atoms with Gasteiger partial charge in [-0.15, -0.1) is 0 Å². The van der Waals surface area contributed by atoms with Crippen LogP contribution in [0.4, 0.5) is 4.39 Å². The van der Waals surface area contributed by atoms with Crippen molar-refractivity contribution in [2.75, 3.05) is 34.4 Å². The maximum atomic E-state index is 13.7. The van der Waals surface area contributed by atoms with Gasteiger partial charge in [0.05, 0.1) is 27.9 Å². The van der Waals surface area contributed by atoms with E-state index in [9.17, 15) is 4.39 Å². The Morgan fingerprint density at radius 3 is 2.38 bits per heavy atom. The van der Waals surface area contributed by atoms with Crippen LogP contribution in [0.1, 0.15) is 23.6 Å². The summed E-state index contributed by atoms with van der Waals surface area (Å²) in [6.07, 6.45) is 0.701. The van der Waals surface area contributed by atoms with E-state index in [1.165, 1.54) is 6.07 Å². The van der Waals surface area contributed by atoms with Gasteiger partial charge in [0.25, 0.3) is 0 Å². The molecule has 0 saturated heterocycles. The van der Waals surface area contributed by atoms with Crippen LogP contribution in [0.3, 0.4) is 0 Å². The van der Waals surface area contributed by atoms with E-state index >= 15 is 0 Å². The number of rotatable bonds is 9. The molecule has 0 aliphatic carbocycles. The molecule has 0 aliphatic rings. The maximum absolute atomic E-state index is 13.7. The zero-order chi connectivity index (χ0) is 21.2. The molecule has 0 fully saturated rings. The largest absolute Gasteiger partial charge is 0.493 e. The second-order valence-electron chi connectivity index (χ2n) is 6.45. The van der Waals surface area contributed by atoms with Crippen molar-refractivity contribution in [3.63, 3.8) is 0 Å². The molecule has 0 amide bonds. The molecule has 0 atom stereocenters. The molecule has 7 heteroatoms. The number of hydrogen-bond donors (Lipinski definition) is 2. The molecule has 29 heavy (non-hydrogen) atoms. The summed E-state index contributed by atoms with van der Waals surface area (Å²) in [7, 11) is 4.80. The average Bonchev–Trinajstić information content (AvgIpc) is 2.73. The van der Waals surface area contributed by atoms with E-state index < -0.39 is 0 Å². The molecule has 0 bridgehead atoms. The highest BCUT2D eigenvalue weighted by molar-refractivity contribution is 5.79. The molecule has 0 radical (unpaired) electrons. The van der Waals surface area contributed by atoms with Crippen LogP contribution in [0, 0.1) is 12.7 Å². The van der Waals surface area contributed by atoms with E-state index in [-0.39, 0.29) is 5.82 Å². The van der Waals surface area contributed by atoms with Gasteiger partial charge in [-0.25, -0.2) is 9.38 Å². The molecule has 2 aromatic rings.